The maximum absolute atomic E-state index is 11.6. The summed E-state index contributed by atoms with van der Waals surface area (Å²) in [6, 6.07) is 7.48. The van der Waals surface area contributed by atoms with Crippen LogP contribution in [-0.2, 0) is 9.59 Å². The Kier molecular flexibility index (Phi) is 6.36. The molecule has 1 aliphatic heterocycles. The van der Waals surface area contributed by atoms with E-state index in [0.29, 0.717) is 12.3 Å². The largest absolute Gasteiger partial charge is 0.550 e. The molecule has 128 valence electrons. The Balaban J connectivity index is 2.00. The lowest BCUT2D eigenvalue weighted by atomic mass is 10.1. The first-order chi connectivity index (χ1) is 11.5. The molecule has 0 saturated carbocycles. The summed E-state index contributed by atoms with van der Waals surface area (Å²) < 4.78 is 5.52. The summed E-state index contributed by atoms with van der Waals surface area (Å²) in [5, 5.41) is 20.7. The number of amidine groups is 1. The lowest BCUT2D eigenvalue weighted by Crippen LogP contribution is -2.31. The zero-order valence-corrected chi connectivity index (χ0v) is 14.3. The summed E-state index contributed by atoms with van der Waals surface area (Å²) in [5.41, 5.74) is 1.55. The summed E-state index contributed by atoms with van der Waals surface area (Å²) in [5.74, 6) is -0.870. The zero-order valence-electron chi connectivity index (χ0n) is 13.4. The lowest BCUT2D eigenvalue weighted by molar-refractivity contribution is -0.305. The lowest BCUT2D eigenvalue weighted by Gasteiger charge is -2.05. The van der Waals surface area contributed by atoms with Gasteiger partial charge in [0.2, 0.25) is 5.91 Å². The third-order valence-corrected chi connectivity index (χ3v) is 4.24. The minimum Gasteiger partial charge on any atom is -0.550 e. The van der Waals surface area contributed by atoms with Crippen LogP contribution in [0.5, 0.6) is 5.75 Å². The Morgan fingerprint density at radius 3 is 2.71 bits per heavy atom. The summed E-state index contributed by atoms with van der Waals surface area (Å²) >= 11 is 1.04. The van der Waals surface area contributed by atoms with Gasteiger partial charge in [-0.2, -0.15) is 5.10 Å². The average Bonchev–Trinajstić information content (AvgIpc) is 2.90. The van der Waals surface area contributed by atoms with Gasteiger partial charge in [-0.05, 0) is 43.2 Å². The Labute approximate surface area is 144 Å². The molecule has 7 nitrogen and oxygen atoms in total. The van der Waals surface area contributed by atoms with Crippen molar-refractivity contribution in [2.75, 3.05) is 6.61 Å². The third kappa shape index (κ3) is 5.09. The molecule has 0 radical (unpaired) electrons. The number of nitrogens with zero attached hydrogens (tertiary/aromatic N) is 2. The van der Waals surface area contributed by atoms with Crippen LogP contribution in [0.25, 0.3) is 0 Å². The zero-order chi connectivity index (χ0) is 17.5. The summed E-state index contributed by atoms with van der Waals surface area (Å²) in [6.45, 7) is 4.51. The molecule has 1 saturated heterocycles. The number of aliphatic carboxylic acids is 1. The molecular weight excluding hydrogens is 330 g/mol. The number of nitrogens with one attached hydrogen (secondary N) is 1. The maximum Gasteiger partial charge on any atom is 0.239 e. The van der Waals surface area contributed by atoms with Crippen molar-refractivity contribution in [3.05, 3.63) is 29.8 Å². The van der Waals surface area contributed by atoms with Gasteiger partial charge in [0.15, 0.2) is 5.17 Å². The molecule has 1 unspecified atom stereocenters. The minimum absolute atomic E-state index is 0.286. The van der Waals surface area contributed by atoms with Crippen LogP contribution in [0.3, 0.4) is 0 Å². The van der Waals surface area contributed by atoms with Crippen LogP contribution < -0.4 is 15.2 Å². The Morgan fingerprint density at radius 1 is 1.38 bits per heavy atom. The van der Waals surface area contributed by atoms with Crippen molar-refractivity contribution in [1.82, 2.24) is 5.32 Å². The van der Waals surface area contributed by atoms with Gasteiger partial charge in [-0.3, -0.25) is 4.79 Å². The molecule has 0 spiro atoms. The summed E-state index contributed by atoms with van der Waals surface area (Å²) in [7, 11) is 0. The molecule has 1 aromatic carbocycles. The number of benzene rings is 1. The number of hydrogen-bond donors (Lipinski definition) is 1. The van der Waals surface area contributed by atoms with E-state index in [1.54, 1.807) is 6.92 Å². The number of carbonyl (C=O) groups is 2. The molecule has 24 heavy (non-hydrogen) atoms. The van der Waals surface area contributed by atoms with E-state index in [9.17, 15) is 14.7 Å². The van der Waals surface area contributed by atoms with Gasteiger partial charge in [-0.25, -0.2) is 0 Å². The molecule has 1 N–H and O–H groups in total. The van der Waals surface area contributed by atoms with Crippen LogP contribution in [0.1, 0.15) is 32.3 Å². The number of ether oxygens (including phenoxy) is 1. The van der Waals surface area contributed by atoms with Crippen molar-refractivity contribution in [3.8, 4) is 5.75 Å². The molecule has 1 aliphatic rings. The first-order valence-corrected chi connectivity index (χ1v) is 8.40. The molecule has 1 fully saturated rings. The summed E-state index contributed by atoms with van der Waals surface area (Å²) in [6.07, 6.45) is 0.597. The second-order valence-electron chi connectivity index (χ2n) is 5.14. The minimum atomic E-state index is -1.27. The molecule has 1 heterocycles. The molecule has 0 aliphatic carbocycles. The van der Waals surface area contributed by atoms with E-state index in [-0.39, 0.29) is 11.6 Å². The van der Waals surface area contributed by atoms with Crippen molar-refractivity contribution in [1.29, 1.82) is 0 Å². The molecule has 8 heteroatoms. The van der Waals surface area contributed by atoms with Crippen LogP contribution in [0.4, 0.5) is 0 Å². The van der Waals surface area contributed by atoms with E-state index in [1.165, 1.54) is 0 Å². The van der Waals surface area contributed by atoms with Crippen molar-refractivity contribution in [2.24, 2.45) is 10.2 Å². The van der Waals surface area contributed by atoms with Crippen molar-refractivity contribution < 1.29 is 19.4 Å². The summed E-state index contributed by atoms with van der Waals surface area (Å²) in [4.78, 5) is 22.2. The predicted molar refractivity (Wildman–Crippen MR) is 91.0 cm³/mol. The van der Waals surface area contributed by atoms with Gasteiger partial charge < -0.3 is 20.0 Å². The van der Waals surface area contributed by atoms with Gasteiger partial charge in [0, 0.05) is 12.4 Å². The van der Waals surface area contributed by atoms with E-state index >= 15 is 0 Å². The first-order valence-electron chi connectivity index (χ1n) is 7.52. The highest BCUT2D eigenvalue weighted by Gasteiger charge is 2.30. The monoisotopic (exact) mass is 348 g/mol. The highest BCUT2D eigenvalue weighted by molar-refractivity contribution is 8.15. The van der Waals surface area contributed by atoms with Crippen molar-refractivity contribution >= 4 is 34.5 Å². The van der Waals surface area contributed by atoms with E-state index < -0.39 is 17.1 Å². The van der Waals surface area contributed by atoms with E-state index in [4.69, 9.17) is 4.74 Å². The predicted octanol–water partition coefficient (Wildman–Crippen LogP) is 0.927. The number of carbonyl (C=O) groups excluding carboxylic acids is 2. The molecule has 1 atom stereocenters. The van der Waals surface area contributed by atoms with Gasteiger partial charge in [-0.1, -0.05) is 18.7 Å². The second kappa shape index (κ2) is 8.49. The molecular formula is C16H18N3O4S-. The van der Waals surface area contributed by atoms with Gasteiger partial charge in [0.25, 0.3) is 0 Å². The van der Waals surface area contributed by atoms with Crippen LogP contribution in [0.15, 0.2) is 34.5 Å². The number of amides is 1. The third-order valence-electron chi connectivity index (χ3n) is 3.16. The number of rotatable bonds is 7. The standard InChI is InChI=1S/C16H19N3O4S/c1-3-8-23-12-6-4-11(5-7-12)10(2)18-19-16-17-15(22)13(24-16)9-14(20)21/h4-7,13H,3,8-9H2,1-2H3,(H,20,21)(H,17,19,22)/p-1/b18-10+. The fourth-order valence-electron chi connectivity index (χ4n) is 1.93. The van der Waals surface area contributed by atoms with Crippen LogP contribution in [0, 0.1) is 0 Å². The Morgan fingerprint density at radius 2 is 2.08 bits per heavy atom. The van der Waals surface area contributed by atoms with Gasteiger partial charge in [0.1, 0.15) is 5.75 Å². The van der Waals surface area contributed by atoms with E-state index in [0.717, 1.165) is 29.5 Å². The highest BCUT2D eigenvalue weighted by atomic mass is 32.2. The first kappa shape index (κ1) is 18.0. The average molecular weight is 348 g/mol. The van der Waals surface area contributed by atoms with Crippen LogP contribution >= 0.6 is 11.8 Å². The quantitative estimate of drug-likeness (QED) is 0.583. The number of carboxylic acids is 1. The normalized spacial score (nSPS) is 19.4. The molecule has 1 amide bonds. The number of thioether (sulfide) groups is 1. The topological polar surface area (TPSA) is 103 Å². The molecule has 0 bridgehead atoms. The highest BCUT2D eigenvalue weighted by Crippen LogP contribution is 2.22. The van der Waals surface area contributed by atoms with Crippen LogP contribution in [0.2, 0.25) is 0 Å². The van der Waals surface area contributed by atoms with Crippen molar-refractivity contribution in [2.45, 2.75) is 31.9 Å². The fraction of sp³-hybridized carbons (Fsp3) is 0.375. The van der Waals surface area contributed by atoms with Gasteiger partial charge >= 0.3 is 0 Å². The smallest absolute Gasteiger partial charge is 0.239 e. The van der Waals surface area contributed by atoms with Gasteiger partial charge in [0.05, 0.1) is 17.6 Å². The van der Waals surface area contributed by atoms with Gasteiger partial charge in [-0.15, -0.1) is 5.10 Å². The second-order valence-corrected chi connectivity index (χ2v) is 6.33. The molecule has 1 aromatic rings. The SMILES string of the molecule is CCCOc1ccc(/C(C)=N/N=C2/NC(=O)C(CC(=O)[O-])S2)cc1. The van der Waals surface area contributed by atoms with E-state index in [2.05, 4.69) is 15.5 Å². The van der Waals surface area contributed by atoms with Crippen LogP contribution in [-0.4, -0.2) is 34.6 Å². The number of carboxylic acid groups (broad SMARTS) is 1. The molecule has 0 aromatic heterocycles. The fourth-order valence-corrected chi connectivity index (χ4v) is 2.83. The number of hydrogen-bond acceptors (Lipinski definition) is 7. The Bertz CT molecular complexity index is 670. The Hall–Kier alpha value is -2.35. The van der Waals surface area contributed by atoms with Crippen molar-refractivity contribution in [3.63, 3.8) is 0 Å². The maximum atomic E-state index is 11.6. The van der Waals surface area contributed by atoms with E-state index in [1.807, 2.05) is 31.2 Å². The molecule has 2 rings (SSSR count).